The van der Waals surface area contributed by atoms with E-state index in [-0.39, 0.29) is 0 Å². The van der Waals surface area contributed by atoms with Gasteiger partial charge >= 0.3 is 0 Å². The third-order valence-corrected chi connectivity index (χ3v) is 2.78. The van der Waals surface area contributed by atoms with Crippen LogP contribution in [0, 0.1) is 6.92 Å². The van der Waals surface area contributed by atoms with E-state index in [1.54, 1.807) is 0 Å². The van der Waals surface area contributed by atoms with Gasteiger partial charge in [0.1, 0.15) is 0 Å². The highest BCUT2D eigenvalue weighted by Crippen LogP contribution is 2.23. The lowest BCUT2D eigenvalue weighted by atomic mass is 9.98. The minimum Gasteiger partial charge on any atom is -0.262 e. The Morgan fingerprint density at radius 2 is 1.75 bits per heavy atom. The molecule has 0 saturated heterocycles. The van der Waals surface area contributed by atoms with E-state index in [2.05, 4.69) is 55.2 Å². The predicted octanol–water partition coefficient (Wildman–Crippen LogP) is 4.18. The van der Waals surface area contributed by atoms with Crippen LogP contribution >= 0.6 is 0 Å². The van der Waals surface area contributed by atoms with Crippen molar-refractivity contribution >= 4 is 0 Å². The van der Waals surface area contributed by atoms with Crippen molar-refractivity contribution in [3.05, 3.63) is 53.9 Å². The van der Waals surface area contributed by atoms with Crippen LogP contribution in [0.2, 0.25) is 0 Å². The quantitative estimate of drug-likeness (QED) is 0.726. The third-order valence-electron chi connectivity index (χ3n) is 2.78. The topological polar surface area (TPSA) is 12.9 Å². The maximum absolute atomic E-state index is 4.22. The van der Waals surface area contributed by atoms with Crippen molar-refractivity contribution in [2.24, 2.45) is 0 Å². The molecule has 0 spiro atoms. The van der Waals surface area contributed by atoms with Gasteiger partial charge in [-0.25, -0.2) is 0 Å². The van der Waals surface area contributed by atoms with Crippen LogP contribution in [0.4, 0.5) is 0 Å². The van der Waals surface area contributed by atoms with Gasteiger partial charge in [0.05, 0.1) is 0 Å². The normalized spacial score (nSPS) is 10.8. The van der Waals surface area contributed by atoms with E-state index in [4.69, 9.17) is 0 Å². The van der Waals surface area contributed by atoms with Crippen LogP contribution in [0.25, 0.3) is 11.1 Å². The molecule has 2 rings (SSSR count). The number of hydrogen-bond donors (Lipinski definition) is 0. The zero-order valence-electron chi connectivity index (χ0n) is 10.1. The van der Waals surface area contributed by atoms with Crippen LogP contribution in [-0.2, 0) is 0 Å². The molecule has 82 valence electrons. The van der Waals surface area contributed by atoms with Crippen LogP contribution in [0.3, 0.4) is 0 Å². The van der Waals surface area contributed by atoms with Crippen LogP contribution < -0.4 is 0 Å². The van der Waals surface area contributed by atoms with E-state index in [9.17, 15) is 0 Å². The summed E-state index contributed by atoms with van der Waals surface area (Å²) < 4.78 is 0. The molecule has 1 aromatic heterocycles. The highest BCUT2D eigenvalue weighted by atomic mass is 14.6. The van der Waals surface area contributed by atoms with Crippen molar-refractivity contribution in [1.82, 2.24) is 4.98 Å². The van der Waals surface area contributed by atoms with E-state index in [0.29, 0.717) is 5.92 Å². The monoisotopic (exact) mass is 211 g/mol. The lowest BCUT2D eigenvalue weighted by Gasteiger charge is -2.08. The fraction of sp³-hybridized carbons (Fsp3) is 0.267. The zero-order chi connectivity index (χ0) is 11.5. The second-order valence-electron chi connectivity index (χ2n) is 4.47. The molecular formula is C15H17N. The van der Waals surface area contributed by atoms with Crippen molar-refractivity contribution in [1.29, 1.82) is 0 Å². The Morgan fingerprint density at radius 3 is 2.44 bits per heavy atom. The Morgan fingerprint density at radius 1 is 1.00 bits per heavy atom. The lowest BCUT2D eigenvalue weighted by Crippen LogP contribution is -1.88. The third kappa shape index (κ3) is 2.30. The van der Waals surface area contributed by atoms with E-state index >= 15 is 0 Å². The summed E-state index contributed by atoms with van der Waals surface area (Å²) in [5.74, 6) is 0.572. The summed E-state index contributed by atoms with van der Waals surface area (Å²) in [5.41, 5.74) is 4.96. The molecule has 0 radical (unpaired) electrons. The molecule has 0 bridgehead atoms. The fourth-order valence-corrected chi connectivity index (χ4v) is 1.80. The maximum Gasteiger partial charge on any atom is 0.0378 e. The molecule has 0 N–H and O–H groups in total. The van der Waals surface area contributed by atoms with Gasteiger partial charge in [-0.2, -0.15) is 0 Å². The second-order valence-corrected chi connectivity index (χ2v) is 4.47. The number of rotatable bonds is 2. The summed E-state index contributed by atoms with van der Waals surface area (Å²) in [5, 5.41) is 0. The summed E-state index contributed by atoms with van der Waals surface area (Å²) in [4.78, 5) is 4.22. The number of aryl methyl sites for hydroxylation is 1. The molecule has 0 amide bonds. The number of nitrogens with zero attached hydrogens (tertiary/aromatic N) is 1. The first kappa shape index (κ1) is 10.9. The van der Waals surface area contributed by atoms with E-state index < -0.39 is 0 Å². The summed E-state index contributed by atoms with van der Waals surface area (Å²) in [6.07, 6.45) is 1.87. The van der Waals surface area contributed by atoms with E-state index in [1.807, 2.05) is 13.1 Å². The Labute approximate surface area is 97.2 Å². The highest BCUT2D eigenvalue weighted by Gasteiger charge is 2.02. The maximum atomic E-state index is 4.22. The van der Waals surface area contributed by atoms with Crippen LogP contribution in [0.1, 0.15) is 31.0 Å². The molecule has 2 aromatic rings. The smallest absolute Gasteiger partial charge is 0.0378 e. The largest absolute Gasteiger partial charge is 0.262 e. The van der Waals surface area contributed by atoms with Gasteiger partial charge in [0.15, 0.2) is 0 Å². The van der Waals surface area contributed by atoms with Gasteiger partial charge in [-0.3, -0.25) is 4.98 Å². The average Bonchev–Trinajstić information content (AvgIpc) is 2.29. The Kier molecular flexibility index (Phi) is 3.04. The molecule has 1 heteroatoms. The van der Waals surface area contributed by atoms with Gasteiger partial charge in [0, 0.05) is 11.9 Å². The first-order chi connectivity index (χ1) is 7.66. The standard InChI is InChI=1S/C15H17N/c1-11(2)13-5-4-6-14(10-13)15-7-8-16-12(3)9-15/h4-11H,1-3H3. The molecule has 1 heterocycles. The molecule has 1 nitrogen and oxygen atoms in total. The molecule has 0 fully saturated rings. The molecule has 0 unspecified atom stereocenters. The van der Waals surface area contributed by atoms with Crippen molar-refractivity contribution in [3.63, 3.8) is 0 Å². The Balaban J connectivity index is 2.44. The fourth-order valence-electron chi connectivity index (χ4n) is 1.80. The van der Waals surface area contributed by atoms with Crippen LogP contribution in [0.15, 0.2) is 42.6 Å². The molecule has 16 heavy (non-hydrogen) atoms. The van der Waals surface area contributed by atoms with Gasteiger partial charge in [-0.05, 0) is 41.7 Å². The lowest BCUT2D eigenvalue weighted by molar-refractivity contribution is 0.867. The number of pyridine rings is 1. The molecular weight excluding hydrogens is 194 g/mol. The molecule has 0 aliphatic rings. The molecule has 1 aromatic carbocycles. The van der Waals surface area contributed by atoms with Crippen molar-refractivity contribution < 1.29 is 0 Å². The number of hydrogen-bond acceptors (Lipinski definition) is 1. The Hall–Kier alpha value is -1.63. The van der Waals surface area contributed by atoms with Gasteiger partial charge in [-0.1, -0.05) is 38.1 Å². The number of benzene rings is 1. The summed E-state index contributed by atoms with van der Waals surface area (Å²) in [6, 6.07) is 12.9. The second kappa shape index (κ2) is 4.48. The first-order valence-electron chi connectivity index (χ1n) is 5.70. The van der Waals surface area contributed by atoms with Crippen molar-refractivity contribution in [2.75, 3.05) is 0 Å². The minimum atomic E-state index is 0.572. The van der Waals surface area contributed by atoms with E-state index in [0.717, 1.165) is 5.69 Å². The highest BCUT2D eigenvalue weighted by molar-refractivity contribution is 5.64. The van der Waals surface area contributed by atoms with Crippen LogP contribution in [0.5, 0.6) is 0 Å². The molecule has 0 saturated carbocycles. The van der Waals surface area contributed by atoms with Gasteiger partial charge in [-0.15, -0.1) is 0 Å². The minimum absolute atomic E-state index is 0.572. The molecule has 0 aliphatic heterocycles. The Bertz CT molecular complexity index is 486. The molecule has 0 atom stereocenters. The van der Waals surface area contributed by atoms with Gasteiger partial charge < -0.3 is 0 Å². The van der Waals surface area contributed by atoms with Crippen molar-refractivity contribution in [3.8, 4) is 11.1 Å². The average molecular weight is 211 g/mol. The molecule has 0 aliphatic carbocycles. The SMILES string of the molecule is Cc1cc(-c2cccc(C(C)C)c2)ccn1. The summed E-state index contributed by atoms with van der Waals surface area (Å²) >= 11 is 0. The van der Waals surface area contributed by atoms with Gasteiger partial charge in [0.25, 0.3) is 0 Å². The van der Waals surface area contributed by atoms with Crippen LogP contribution in [-0.4, -0.2) is 4.98 Å². The predicted molar refractivity (Wildman–Crippen MR) is 68.5 cm³/mol. The number of aromatic nitrogens is 1. The zero-order valence-corrected chi connectivity index (χ0v) is 10.1. The first-order valence-corrected chi connectivity index (χ1v) is 5.70. The summed E-state index contributed by atoms with van der Waals surface area (Å²) in [6.45, 7) is 6.46. The van der Waals surface area contributed by atoms with E-state index in [1.165, 1.54) is 16.7 Å². The van der Waals surface area contributed by atoms with Gasteiger partial charge in [0.2, 0.25) is 0 Å². The van der Waals surface area contributed by atoms with Crippen molar-refractivity contribution in [2.45, 2.75) is 26.7 Å². The summed E-state index contributed by atoms with van der Waals surface area (Å²) in [7, 11) is 0.